The van der Waals surface area contributed by atoms with Gasteiger partial charge in [-0.1, -0.05) is 36.4 Å². The summed E-state index contributed by atoms with van der Waals surface area (Å²) in [5.41, 5.74) is 1.68. The largest absolute Gasteiger partial charge is 0.350 e. The van der Waals surface area contributed by atoms with Crippen LogP contribution in [0.1, 0.15) is 15.9 Å². The lowest BCUT2D eigenvalue weighted by Gasteiger charge is -2.10. The molecule has 0 saturated heterocycles. The predicted molar refractivity (Wildman–Crippen MR) is 104 cm³/mol. The Hall–Kier alpha value is -3.81. The molecule has 0 spiro atoms. The first-order valence-corrected chi connectivity index (χ1v) is 8.63. The first-order chi connectivity index (χ1) is 13.5. The van der Waals surface area contributed by atoms with Crippen molar-refractivity contribution in [1.29, 1.82) is 0 Å². The van der Waals surface area contributed by atoms with Gasteiger partial charge in [-0.2, -0.15) is 5.10 Å². The SMILES string of the molecule is Cc1c(C(=O)NCCn2nc(-c3ccccc3)ccc2=O)cccc1[N+](=O)[O-]. The van der Waals surface area contributed by atoms with E-state index in [0.717, 1.165) is 5.56 Å². The number of amides is 1. The Balaban J connectivity index is 1.70. The number of nitrogens with zero attached hydrogens (tertiary/aromatic N) is 3. The molecular formula is C20H18N4O4. The van der Waals surface area contributed by atoms with Crippen molar-refractivity contribution >= 4 is 11.6 Å². The molecule has 1 N–H and O–H groups in total. The topological polar surface area (TPSA) is 107 Å². The number of hydrogen-bond acceptors (Lipinski definition) is 5. The summed E-state index contributed by atoms with van der Waals surface area (Å²) in [5, 5.41) is 18.0. The first-order valence-electron chi connectivity index (χ1n) is 8.63. The molecule has 8 nitrogen and oxygen atoms in total. The smallest absolute Gasteiger partial charge is 0.273 e. The molecule has 0 bridgehead atoms. The molecule has 0 aliphatic carbocycles. The average molecular weight is 378 g/mol. The van der Waals surface area contributed by atoms with E-state index in [1.165, 1.54) is 35.9 Å². The van der Waals surface area contributed by atoms with Crippen LogP contribution in [0.25, 0.3) is 11.3 Å². The Bertz CT molecular complexity index is 1080. The maximum absolute atomic E-state index is 12.4. The van der Waals surface area contributed by atoms with E-state index in [-0.39, 0.29) is 29.9 Å². The highest BCUT2D eigenvalue weighted by atomic mass is 16.6. The summed E-state index contributed by atoms with van der Waals surface area (Å²) in [6, 6.07) is 16.9. The van der Waals surface area contributed by atoms with Crippen molar-refractivity contribution in [2.24, 2.45) is 0 Å². The number of aromatic nitrogens is 2. The van der Waals surface area contributed by atoms with E-state index in [1.807, 2.05) is 30.3 Å². The minimum atomic E-state index is -0.523. The fourth-order valence-corrected chi connectivity index (χ4v) is 2.81. The molecule has 0 atom stereocenters. The molecule has 8 heteroatoms. The Morgan fingerprint density at radius 3 is 2.57 bits per heavy atom. The third-order valence-electron chi connectivity index (χ3n) is 4.29. The van der Waals surface area contributed by atoms with Gasteiger partial charge in [0, 0.05) is 35.4 Å². The van der Waals surface area contributed by atoms with Crippen LogP contribution < -0.4 is 10.9 Å². The summed E-state index contributed by atoms with van der Waals surface area (Å²) in [6.07, 6.45) is 0. The normalized spacial score (nSPS) is 10.5. The molecule has 3 aromatic rings. The molecule has 3 rings (SSSR count). The summed E-state index contributed by atoms with van der Waals surface area (Å²) >= 11 is 0. The summed E-state index contributed by atoms with van der Waals surface area (Å²) < 4.78 is 1.28. The van der Waals surface area contributed by atoms with Crippen LogP contribution in [0, 0.1) is 17.0 Å². The minimum absolute atomic E-state index is 0.110. The minimum Gasteiger partial charge on any atom is -0.350 e. The summed E-state index contributed by atoms with van der Waals surface area (Å²) in [6.45, 7) is 1.87. The fourth-order valence-electron chi connectivity index (χ4n) is 2.81. The second kappa shape index (κ2) is 8.26. The zero-order valence-corrected chi connectivity index (χ0v) is 15.2. The third kappa shape index (κ3) is 4.12. The lowest BCUT2D eigenvalue weighted by atomic mass is 10.1. The highest BCUT2D eigenvalue weighted by Crippen LogP contribution is 2.20. The zero-order valence-electron chi connectivity index (χ0n) is 15.2. The molecule has 1 heterocycles. The van der Waals surface area contributed by atoms with E-state index in [1.54, 1.807) is 6.07 Å². The van der Waals surface area contributed by atoms with E-state index in [2.05, 4.69) is 10.4 Å². The number of benzene rings is 2. The molecule has 0 aliphatic rings. The van der Waals surface area contributed by atoms with Crippen molar-refractivity contribution < 1.29 is 9.72 Å². The number of nitro groups is 1. The molecule has 1 amide bonds. The van der Waals surface area contributed by atoms with Gasteiger partial charge in [-0.25, -0.2) is 4.68 Å². The third-order valence-corrected chi connectivity index (χ3v) is 4.29. The van der Waals surface area contributed by atoms with Gasteiger partial charge in [0.25, 0.3) is 17.2 Å². The monoisotopic (exact) mass is 378 g/mol. The van der Waals surface area contributed by atoms with Crippen LogP contribution in [-0.2, 0) is 6.54 Å². The molecule has 0 saturated carbocycles. The van der Waals surface area contributed by atoms with Crippen molar-refractivity contribution in [2.45, 2.75) is 13.5 Å². The molecule has 0 aliphatic heterocycles. The molecule has 0 radical (unpaired) electrons. The van der Waals surface area contributed by atoms with Gasteiger partial charge >= 0.3 is 0 Å². The van der Waals surface area contributed by atoms with Gasteiger partial charge in [-0.3, -0.25) is 19.7 Å². The molecule has 0 unspecified atom stereocenters. The summed E-state index contributed by atoms with van der Waals surface area (Å²) in [5.74, 6) is -0.437. The van der Waals surface area contributed by atoms with Crippen LogP contribution in [0.2, 0.25) is 0 Å². The number of carbonyl (C=O) groups excluding carboxylic acids is 1. The molecular weight excluding hydrogens is 360 g/mol. The van der Waals surface area contributed by atoms with Gasteiger partial charge in [0.15, 0.2) is 0 Å². The lowest BCUT2D eigenvalue weighted by Crippen LogP contribution is -2.32. The van der Waals surface area contributed by atoms with E-state index in [9.17, 15) is 19.7 Å². The van der Waals surface area contributed by atoms with Crippen molar-refractivity contribution in [3.63, 3.8) is 0 Å². The van der Waals surface area contributed by atoms with Crippen molar-refractivity contribution in [1.82, 2.24) is 15.1 Å². The van der Waals surface area contributed by atoms with Gasteiger partial charge in [-0.05, 0) is 19.1 Å². The van der Waals surface area contributed by atoms with Crippen LogP contribution in [0.4, 0.5) is 5.69 Å². The average Bonchev–Trinajstić information content (AvgIpc) is 2.70. The number of carbonyl (C=O) groups is 1. The molecule has 142 valence electrons. The maximum atomic E-state index is 12.4. The van der Waals surface area contributed by atoms with Crippen LogP contribution in [0.3, 0.4) is 0 Å². The number of rotatable bonds is 6. The van der Waals surface area contributed by atoms with Crippen molar-refractivity contribution in [3.8, 4) is 11.3 Å². The van der Waals surface area contributed by atoms with Gasteiger partial charge < -0.3 is 5.32 Å². The van der Waals surface area contributed by atoms with Crippen molar-refractivity contribution in [3.05, 3.63) is 92.3 Å². The lowest BCUT2D eigenvalue weighted by molar-refractivity contribution is -0.385. The Labute approximate surface area is 160 Å². The van der Waals surface area contributed by atoms with E-state index in [4.69, 9.17) is 0 Å². The van der Waals surface area contributed by atoms with Crippen molar-refractivity contribution in [2.75, 3.05) is 6.54 Å². The molecule has 1 aromatic heterocycles. The first kappa shape index (κ1) is 19.0. The zero-order chi connectivity index (χ0) is 20.1. The number of nitro benzene ring substituents is 1. The number of nitrogens with one attached hydrogen (secondary N) is 1. The summed E-state index contributed by atoms with van der Waals surface area (Å²) in [4.78, 5) is 34.9. The Morgan fingerprint density at radius 2 is 1.86 bits per heavy atom. The molecule has 0 fully saturated rings. The highest BCUT2D eigenvalue weighted by Gasteiger charge is 2.17. The second-order valence-electron chi connectivity index (χ2n) is 6.11. The number of hydrogen-bond donors (Lipinski definition) is 1. The molecule has 2 aromatic carbocycles. The standard InChI is InChI=1S/C20H18N4O4/c1-14-16(8-5-9-18(14)24(27)28)20(26)21-12-13-23-19(25)11-10-17(22-23)15-6-3-2-4-7-15/h2-11H,12-13H2,1H3,(H,21,26). The van der Waals surface area contributed by atoms with E-state index < -0.39 is 10.8 Å². The van der Waals surface area contributed by atoms with Crippen LogP contribution in [0.15, 0.2) is 65.5 Å². The van der Waals surface area contributed by atoms with Gasteiger partial charge in [-0.15, -0.1) is 0 Å². The van der Waals surface area contributed by atoms with Crippen LogP contribution in [-0.4, -0.2) is 27.2 Å². The van der Waals surface area contributed by atoms with Gasteiger partial charge in [0.2, 0.25) is 0 Å². The predicted octanol–water partition coefficient (Wildman–Crippen LogP) is 2.56. The fraction of sp³-hybridized carbons (Fsp3) is 0.150. The second-order valence-corrected chi connectivity index (χ2v) is 6.11. The highest BCUT2D eigenvalue weighted by molar-refractivity contribution is 5.96. The van der Waals surface area contributed by atoms with E-state index in [0.29, 0.717) is 11.3 Å². The van der Waals surface area contributed by atoms with Gasteiger partial charge in [0.1, 0.15) is 0 Å². The van der Waals surface area contributed by atoms with Crippen LogP contribution >= 0.6 is 0 Å². The van der Waals surface area contributed by atoms with E-state index >= 15 is 0 Å². The van der Waals surface area contributed by atoms with Gasteiger partial charge in [0.05, 0.1) is 17.2 Å². The Morgan fingerprint density at radius 1 is 1.11 bits per heavy atom. The maximum Gasteiger partial charge on any atom is 0.273 e. The Kier molecular flexibility index (Phi) is 5.59. The molecule has 28 heavy (non-hydrogen) atoms. The quantitative estimate of drug-likeness (QED) is 0.524. The summed E-state index contributed by atoms with van der Waals surface area (Å²) in [7, 11) is 0. The van der Waals surface area contributed by atoms with Crippen LogP contribution in [0.5, 0.6) is 0 Å².